The van der Waals surface area contributed by atoms with Crippen molar-refractivity contribution in [3.63, 3.8) is 0 Å². The first kappa shape index (κ1) is 21.0. The maximum Gasteiger partial charge on any atom is 0.269 e. The van der Waals surface area contributed by atoms with Gasteiger partial charge in [-0.15, -0.1) is 0 Å². The maximum absolute atomic E-state index is 14.9. The monoisotopic (exact) mass is 397 g/mol. The molecule has 2 aromatic carbocycles. The Morgan fingerprint density at radius 2 is 2.07 bits per heavy atom. The Bertz CT molecular complexity index is 969. The average molecular weight is 397 g/mol. The Balaban J connectivity index is 1.98. The molecule has 1 heterocycles. The minimum absolute atomic E-state index is 0.0136. The molecule has 0 radical (unpaired) electrons. The van der Waals surface area contributed by atoms with Crippen molar-refractivity contribution < 1.29 is 9.31 Å². The highest BCUT2D eigenvalue weighted by Gasteiger charge is 2.36. The number of rotatable bonds is 5. The summed E-state index contributed by atoms with van der Waals surface area (Å²) in [6.45, 7) is 11.4. The number of hydrogen-bond acceptors (Lipinski definition) is 4. The van der Waals surface area contributed by atoms with E-state index in [1.807, 2.05) is 6.07 Å². The third-order valence-corrected chi connectivity index (χ3v) is 5.69. The van der Waals surface area contributed by atoms with Gasteiger partial charge in [0.25, 0.3) is 5.69 Å². The standard InChI is InChI=1S/C23H28FN3O2/c1-6-9-26-22-12-20(24)17(11-19(22)16(3)13-23(26,4)5)14-25-21-8-7-18(27(28)29)10-15(21)2/h7-8,10-12,14,16H,6,9,13H2,1-5H3. The van der Waals surface area contributed by atoms with Crippen LogP contribution in [0.25, 0.3) is 0 Å². The van der Waals surface area contributed by atoms with Crippen molar-refractivity contribution in [2.24, 2.45) is 4.99 Å². The van der Waals surface area contributed by atoms with Gasteiger partial charge in [-0.2, -0.15) is 0 Å². The largest absolute Gasteiger partial charge is 0.366 e. The zero-order chi connectivity index (χ0) is 21.3. The van der Waals surface area contributed by atoms with Gasteiger partial charge in [-0.05, 0) is 68.9 Å². The number of non-ortho nitro benzene ring substituents is 1. The lowest BCUT2D eigenvalue weighted by Gasteiger charge is -2.47. The second-order valence-corrected chi connectivity index (χ2v) is 8.49. The van der Waals surface area contributed by atoms with Crippen molar-refractivity contribution in [1.82, 2.24) is 0 Å². The van der Waals surface area contributed by atoms with Gasteiger partial charge in [0.2, 0.25) is 0 Å². The van der Waals surface area contributed by atoms with Gasteiger partial charge in [-0.3, -0.25) is 15.1 Å². The molecule has 6 heteroatoms. The van der Waals surface area contributed by atoms with Crippen LogP contribution in [0.3, 0.4) is 0 Å². The number of aliphatic imine (C=N–C) groups is 1. The molecular formula is C23H28FN3O2. The fourth-order valence-corrected chi connectivity index (χ4v) is 4.30. The lowest BCUT2D eigenvalue weighted by molar-refractivity contribution is -0.384. The number of nitrogens with zero attached hydrogens (tertiary/aromatic N) is 3. The molecule has 0 amide bonds. The fourth-order valence-electron chi connectivity index (χ4n) is 4.30. The van der Waals surface area contributed by atoms with E-state index >= 15 is 0 Å². The van der Waals surface area contributed by atoms with E-state index in [0.717, 1.165) is 30.6 Å². The molecule has 5 nitrogen and oxygen atoms in total. The molecule has 29 heavy (non-hydrogen) atoms. The number of halogens is 1. The van der Waals surface area contributed by atoms with Crippen molar-refractivity contribution >= 4 is 23.3 Å². The van der Waals surface area contributed by atoms with Crippen LogP contribution in [0.15, 0.2) is 35.3 Å². The number of nitro groups is 1. The van der Waals surface area contributed by atoms with E-state index in [0.29, 0.717) is 22.7 Å². The second-order valence-electron chi connectivity index (χ2n) is 8.49. The summed E-state index contributed by atoms with van der Waals surface area (Å²) < 4.78 is 14.9. The van der Waals surface area contributed by atoms with Gasteiger partial charge < -0.3 is 4.90 Å². The molecule has 1 unspecified atom stereocenters. The van der Waals surface area contributed by atoms with Crippen LogP contribution in [0.2, 0.25) is 0 Å². The molecule has 0 spiro atoms. The van der Waals surface area contributed by atoms with Crippen LogP contribution in [0, 0.1) is 22.9 Å². The summed E-state index contributed by atoms with van der Waals surface area (Å²) in [6, 6.07) is 8.01. The molecule has 1 aliphatic heterocycles. The lowest BCUT2D eigenvalue weighted by atomic mass is 9.79. The average Bonchev–Trinajstić information content (AvgIpc) is 2.64. The minimum atomic E-state index is -0.436. The van der Waals surface area contributed by atoms with Crippen LogP contribution in [0.1, 0.15) is 63.1 Å². The van der Waals surface area contributed by atoms with Crippen LogP contribution in [-0.2, 0) is 0 Å². The molecular weight excluding hydrogens is 369 g/mol. The highest BCUT2D eigenvalue weighted by molar-refractivity contribution is 5.84. The van der Waals surface area contributed by atoms with E-state index in [1.54, 1.807) is 19.1 Å². The summed E-state index contributed by atoms with van der Waals surface area (Å²) in [5, 5.41) is 10.9. The number of fused-ring (bicyclic) bond motifs is 1. The predicted octanol–water partition coefficient (Wildman–Crippen LogP) is 6.30. The molecule has 0 fully saturated rings. The molecule has 0 bridgehead atoms. The Morgan fingerprint density at radius 3 is 2.69 bits per heavy atom. The number of hydrogen-bond donors (Lipinski definition) is 0. The number of benzene rings is 2. The molecule has 2 aromatic rings. The summed E-state index contributed by atoms with van der Waals surface area (Å²) in [6.07, 6.45) is 3.52. The smallest absolute Gasteiger partial charge is 0.269 e. The zero-order valence-electron chi connectivity index (χ0n) is 17.7. The normalized spacial score (nSPS) is 18.1. The molecule has 0 aliphatic carbocycles. The Morgan fingerprint density at radius 1 is 1.34 bits per heavy atom. The molecule has 0 aromatic heterocycles. The van der Waals surface area contributed by atoms with Gasteiger partial charge in [0, 0.05) is 41.7 Å². The van der Waals surface area contributed by atoms with E-state index in [1.165, 1.54) is 18.3 Å². The lowest BCUT2D eigenvalue weighted by Crippen LogP contribution is -2.48. The quantitative estimate of drug-likeness (QED) is 0.338. The van der Waals surface area contributed by atoms with Gasteiger partial charge in [0.05, 0.1) is 10.6 Å². The highest BCUT2D eigenvalue weighted by atomic mass is 19.1. The maximum atomic E-state index is 14.9. The van der Waals surface area contributed by atoms with E-state index in [9.17, 15) is 14.5 Å². The minimum Gasteiger partial charge on any atom is -0.366 e. The Hall–Kier alpha value is -2.76. The van der Waals surface area contributed by atoms with Crippen LogP contribution in [0.4, 0.5) is 21.5 Å². The Labute approximate surface area is 171 Å². The van der Waals surface area contributed by atoms with Crippen LogP contribution in [-0.4, -0.2) is 23.2 Å². The number of anilines is 1. The van der Waals surface area contributed by atoms with Gasteiger partial charge in [0.1, 0.15) is 5.82 Å². The highest BCUT2D eigenvalue weighted by Crippen LogP contribution is 2.44. The van der Waals surface area contributed by atoms with E-state index in [-0.39, 0.29) is 17.0 Å². The van der Waals surface area contributed by atoms with Crippen LogP contribution in [0.5, 0.6) is 0 Å². The van der Waals surface area contributed by atoms with Gasteiger partial charge >= 0.3 is 0 Å². The van der Waals surface area contributed by atoms with Crippen LogP contribution < -0.4 is 4.90 Å². The van der Waals surface area contributed by atoms with Crippen molar-refractivity contribution in [2.75, 3.05) is 11.4 Å². The van der Waals surface area contributed by atoms with Crippen molar-refractivity contribution in [3.8, 4) is 0 Å². The van der Waals surface area contributed by atoms with Crippen LogP contribution >= 0.6 is 0 Å². The van der Waals surface area contributed by atoms with E-state index in [4.69, 9.17) is 0 Å². The third-order valence-electron chi connectivity index (χ3n) is 5.69. The third kappa shape index (κ3) is 4.16. The van der Waals surface area contributed by atoms with Gasteiger partial charge in [-0.1, -0.05) is 13.8 Å². The van der Waals surface area contributed by atoms with Gasteiger partial charge in [0.15, 0.2) is 0 Å². The van der Waals surface area contributed by atoms with E-state index < -0.39 is 4.92 Å². The number of nitro benzene ring substituents is 1. The van der Waals surface area contributed by atoms with Crippen molar-refractivity contribution in [2.45, 2.75) is 58.9 Å². The molecule has 154 valence electrons. The molecule has 0 N–H and O–H groups in total. The fraction of sp³-hybridized carbons (Fsp3) is 0.435. The Kier molecular flexibility index (Phi) is 5.73. The first-order valence-corrected chi connectivity index (χ1v) is 10.0. The van der Waals surface area contributed by atoms with E-state index in [2.05, 4.69) is 37.6 Å². The molecule has 0 saturated carbocycles. The van der Waals surface area contributed by atoms with Crippen molar-refractivity contribution in [3.05, 3.63) is 63.0 Å². The zero-order valence-corrected chi connectivity index (χ0v) is 17.7. The summed E-state index contributed by atoms with van der Waals surface area (Å²) in [7, 11) is 0. The summed E-state index contributed by atoms with van der Waals surface area (Å²) in [5.41, 5.74) is 3.82. The number of aryl methyl sites for hydroxylation is 1. The molecule has 1 aliphatic rings. The molecule has 3 rings (SSSR count). The van der Waals surface area contributed by atoms with Gasteiger partial charge in [-0.25, -0.2) is 4.39 Å². The first-order chi connectivity index (χ1) is 13.6. The second kappa shape index (κ2) is 7.93. The first-order valence-electron chi connectivity index (χ1n) is 10.0. The molecule has 1 atom stereocenters. The summed E-state index contributed by atoms with van der Waals surface area (Å²) in [4.78, 5) is 17.2. The molecule has 0 saturated heterocycles. The predicted molar refractivity (Wildman–Crippen MR) is 116 cm³/mol. The SMILES string of the molecule is CCCN1c2cc(F)c(C=Nc3ccc([N+](=O)[O-])cc3C)cc2C(C)CC1(C)C. The van der Waals surface area contributed by atoms with Crippen molar-refractivity contribution in [1.29, 1.82) is 0 Å². The summed E-state index contributed by atoms with van der Waals surface area (Å²) >= 11 is 0. The topological polar surface area (TPSA) is 58.7 Å². The summed E-state index contributed by atoms with van der Waals surface area (Å²) in [5.74, 6) is 0.0139.